The molecule has 5 atom stereocenters. The summed E-state index contributed by atoms with van der Waals surface area (Å²) < 4.78 is 0. The fourth-order valence-corrected chi connectivity index (χ4v) is 3.79. The van der Waals surface area contributed by atoms with Gasteiger partial charge in [0.05, 0.1) is 6.10 Å². The number of aliphatic hydroxyl groups excluding tert-OH is 1. The highest BCUT2D eigenvalue weighted by atomic mass is 16.4. The van der Waals surface area contributed by atoms with Gasteiger partial charge in [-0.25, -0.2) is 4.79 Å². The zero-order valence-electron chi connectivity index (χ0n) is 21.4. The van der Waals surface area contributed by atoms with Crippen LogP contribution in [0.15, 0.2) is 30.5 Å². The second-order valence-electron chi connectivity index (χ2n) is 9.45. The Morgan fingerprint density at radius 2 is 1.53 bits per heavy atom. The molecule has 0 bridgehead atoms. The molecule has 0 aliphatic rings. The number of hydrogen-bond acceptors (Lipinski definition) is 7. The molecule has 0 radical (unpaired) electrons. The maximum atomic E-state index is 13.2. The van der Waals surface area contributed by atoms with E-state index in [2.05, 4.69) is 20.9 Å². The number of amides is 3. The number of rotatable bonds is 14. The number of H-pyrrole nitrogens is 1. The standard InChI is InChI=1S/C25H35N5O8/c1-12(2)21(25(37)38)30-23(35)18(10-14-11-27-16-7-5-4-6-15(14)16)29-22(34)17(8-9-19(32)33)28-24(36)20(26)13(3)31/h4-7,11-13,17-18,20-21,27,31H,8-10,26H2,1-3H3,(H,28,36)(H,29,34)(H,30,35)(H,32,33)(H,37,38). The highest BCUT2D eigenvalue weighted by molar-refractivity contribution is 5.95. The number of hydrogen-bond donors (Lipinski definition) is 8. The van der Waals surface area contributed by atoms with E-state index in [0.29, 0.717) is 5.56 Å². The van der Waals surface area contributed by atoms with E-state index in [-0.39, 0.29) is 12.8 Å². The van der Waals surface area contributed by atoms with Crippen molar-refractivity contribution in [3.63, 3.8) is 0 Å². The van der Waals surface area contributed by atoms with Crippen molar-refractivity contribution < 1.29 is 39.3 Å². The van der Waals surface area contributed by atoms with E-state index in [1.165, 1.54) is 6.92 Å². The van der Waals surface area contributed by atoms with Gasteiger partial charge in [0.25, 0.3) is 0 Å². The lowest BCUT2D eigenvalue weighted by molar-refractivity contribution is -0.143. The van der Waals surface area contributed by atoms with Crippen LogP contribution in [-0.4, -0.2) is 80.2 Å². The first kappa shape index (κ1) is 30.3. The van der Waals surface area contributed by atoms with Gasteiger partial charge in [0.2, 0.25) is 17.7 Å². The second kappa shape index (κ2) is 13.5. The van der Waals surface area contributed by atoms with E-state index in [1.807, 2.05) is 18.2 Å². The molecule has 3 amide bonds. The first-order valence-electron chi connectivity index (χ1n) is 12.2. The van der Waals surface area contributed by atoms with Gasteiger partial charge in [-0.2, -0.15) is 0 Å². The first-order chi connectivity index (χ1) is 17.8. The van der Waals surface area contributed by atoms with Gasteiger partial charge in [-0.05, 0) is 30.9 Å². The summed E-state index contributed by atoms with van der Waals surface area (Å²) in [5.74, 6) is -5.43. The smallest absolute Gasteiger partial charge is 0.326 e. The van der Waals surface area contributed by atoms with Gasteiger partial charge in [0.1, 0.15) is 24.2 Å². The quantitative estimate of drug-likeness (QED) is 0.156. The Morgan fingerprint density at radius 3 is 2.11 bits per heavy atom. The molecule has 38 heavy (non-hydrogen) atoms. The Labute approximate surface area is 219 Å². The van der Waals surface area contributed by atoms with Crippen LogP contribution in [-0.2, 0) is 30.4 Å². The number of aromatic nitrogens is 1. The summed E-state index contributed by atoms with van der Waals surface area (Å²) in [5, 5.41) is 36.3. The number of para-hydroxylation sites is 1. The minimum absolute atomic E-state index is 0.0290. The Morgan fingerprint density at radius 1 is 0.921 bits per heavy atom. The molecule has 5 unspecified atom stereocenters. The molecule has 9 N–H and O–H groups in total. The number of nitrogens with one attached hydrogen (secondary N) is 4. The van der Waals surface area contributed by atoms with Crippen LogP contribution in [0.3, 0.4) is 0 Å². The summed E-state index contributed by atoms with van der Waals surface area (Å²) in [4.78, 5) is 64.7. The molecule has 1 heterocycles. The molecular formula is C25H35N5O8. The number of carboxylic acids is 2. The van der Waals surface area contributed by atoms with Crippen molar-refractivity contribution in [1.29, 1.82) is 0 Å². The Bertz CT molecular complexity index is 1160. The molecule has 0 spiro atoms. The minimum atomic E-state index is -1.39. The topological polar surface area (TPSA) is 224 Å². The van der Waals surface area contributed by atoms with Crippen molar-refractivity contribution >= 4 is 40.6 Å². The van der Waals surface area contributed by atoms with Crippen LogP contribution in [0.1, 0.15) is 39.2 Å². The lowest BCUT2D eigenvalue weighted by Crippen LogP contribution is -2.59. The molecular weight excluding hydrogens is 498 g/mol. The van der Waals surface area contributed by atoms with Crippen LogP contribution >= 0.6 is 0 Å². The average Bonchev–Trinajstić information content (AvgIpc) is 3.25. The second-order valence-corrected chi connectivity index (χ2v) is 9.45. The summed E-state index contributed by atoms with van der Waals surface area (Å²) in [6.45, 7) is 4.52. The van der Waals surface area contributed by atoms with Gasteiger partial charge in [-0.15, -0.1) is 0 Å². The van der Waals surface area contributed by atoms with Gasteiger partial charge in [0, 0.05) is 29.9 Å². The number of fused-ring (bicyclic) bond motifs is 1. The molecule has 0 saturated carbocycles. The summed E-state index contributed by atoms with van der Waals surface area (Å²) in [7, 11) is 0. The SMILES string of the molecule is CC(C)C(NC(=O)C(Cc1c[nH]c2ccccc12)NC(=O)C(CCC(=O)O)NC(=O)C(N)C(C)O)C(=O)O. The zero-order valence-corrected chi connectivity index (χ0v) is 21.4. The van der Waals surface area contributed by atoms with Crippen molar-refractivity contribution in [2.75, 3.05) is 0 Å². The maximum Gasteiger partial charge on any atom is 0.326 e. The van der Waals surface area contributed by atoms with Crippen LogP contribution in [0.4, 0.5) is 0 Å². The monoisotopic (exact) mass is 533 g/mol. The third-order valence-electron chi connectivity index (χ3n) is 6.06. The number of aliphatic hydroxyl groups is 1. The van der Waals surface area contributed by atoms with E-state index < -0.39 is 72.3 Å². The average molecular weight is 534 g/mol. The molecule has 2 aromatic rings. The van der Waals surface area contributed by atoms with Crippen molar-refractivity contribution in [3.05, 3.63) is 36.0 Å². The molecule has 0 aliphatic heterocycles. The Balaban J connectivity index is 2.35. The summed E-state index contributed by atoms with van der Waals surface area (Å²) in [5.41, 5.74) is 7.09. The number of carboxylic acid groups (broad SMARTS) is 2. The van der Waals surface area contributed by atoms with Crippen molar-refractivity contribution in [2.24, 2.45) is 11.7 Å². The summed E-state index contributed by atoms with van der Waals surface area (Å²) in [6.07, 6.45) is -0.387. The van der Waals surface area contributed by atoms with Crippen molar-refractivity contribution in [3.8, 4) is 0 Å². The van der Waals surface area contributed by atoms with Crippen LogP contribution in [0.5, 0.6) is 0 Å². The fraction of sp³-hybridized carbons (Fsp3) is 0.480. The normalized spacial score (nSPS) is 15.2. The largest absolute Gasteiger partial charge is 0.481 e. The molecule has 1 aromatic heterocycles. The molecule has 13 nitrogen and oxygen atoms in total. The number of aliphatic carboxylic acids is 2. The van der Waals surface area contributed by atoms with Gasteiger partial charge < -0.3 is 42.0 Å². The van der Waals surface area contributed by atoms with Crippen molar-refractivity contribution in [2.45, 2.75) is 70.3 Å². The highest BCUT2D eigenvalue weighted by Crippen LogP contribution is 2.19. The molecule has 2 rings (SSSR count). The van der Waals surface area contributed by atoms with E-state index in [9.17, 15) is 34.2 Å². The van der Waals surface area contributed by atoms with Crippen molar-refractivity contribution in [1.82, 2.24) is 20.9 Å². The van der Waals surface area contributed by atoms with E-state index in [0.717, 1.165) is 10.9 Å². The zero-order chi connectivity index (χ0) is 28.6. The maximum absolute atomic E-state index is 13.2. The van der Waals surface area contributed by atoms with Gasteiger partial charge in [0.15, 0.2) is 0 Å². The van der Waals surface area contributed by atoms with Gasteiger partial charge in [-0.3, -0.25) is 19.2 Å². The summed E-state index contributed by atoms with van der Waals surface area (Å²) >= 11 is 0. The molecule has 0 fully saturated rings. The molecule has 0 aliphatic carbocycles. The number of aromatic amines is 1. The first-order valence-corrected chi connectivity index (χ1v) is 12.2. The number of benzene rings is 1. The Kier molecular flexibility index (Phi) is 10.8. The van der Waals surface area contributed by atoms with Crippen LogP contribution in [0.2, 0.25) is 0 Å². The van der Waals surface area contributed by atoms with E-state index >= 15 is 0 Å². The van der Waals surface area contributed by atoms with Crippen LogP contribution < -0.4 is 21.7 Å². The van der Waals surface area contributed by atoms with E-state index in [1.54, 1.807) is 26.1 Å². The highest BCUT2D eigenvalue weighted by Gasteiger charge is 2.32. The minimum Gasteiger partial charge on any atom is -0.481 e. The molecule has 0 saturated heterocycles. The van der Waals surface area contributed by atoms with Gasteiger partial charge >= 0.3 is 11.9 Å². The van der Waals surface area contributed by atoms with Crippen LogP contribution in [0, 0.1) is 5.92 Å². The Hall–Kier alpha value is -3.97. The number of nitrogens with two attached hydrogens (primary N) is 1. The predicted molar refractivity (Wildman–Crippen MR) is 137 cm³/mol. The summed E-state index contributed by atoms with van der Waals surface area (Å²) in [6, 6.07) is 2.02. The predicted octanol–water partition coefficient (Wildman–Crippen LogP) is -0.522. The third kappa shape index (κ3) is 8.28. The fourth-order valence-electron chi connectivity index (χ4n) is 3.79. The number of carbonyl (C=O) groups is 5. The lowest BCUT2D eigenvalue weighted by Gasteiger charge is -2.26. The van der Waals surface area contributed by atoms with Gasteiger partial charge in [-0.1, -0.05) is 32.0 Å². The molecule has 208 valence electrons. The van der Waals surface area contributed by atoms with Crippen LogP contribution in [0.25, 0.3) is 10.9 Å². The third-order valence-corrected chi connectivity index (χ3v) is 6.06. The lowest BCUT2D eigenvalue weighted by atomic mass is 10.0. The number of carbonyl (C=O) groups excluding carboxylic acids is 3. The molecule has 1 aromatic carbocycles. The molecule has 13 heteroatoms. The van der Waals surface area contributed by atoms with E-state index in [4.69, 9.17) is 10.8 Å².